The van der Waals surface area contributed by atoms with Crippen molar-refractivity contribution in [1.29, 1.82) is 0 Å². The average molecular weight is 1330 g/mol. The van der Waals surface area contributed by atoms with Crippen LogP contribution in [-0.4, -0.2) is 183 Å². The molecule has 8 bridgehead atoms. The Labute approximate surface area is 554 Å². The molecule has 6 aromatic rings. The zero-order chi connectivity index (χ0) is 65.3. The molecule has 0 radical (unpaired) electrons. The number of benzene rings is 3. The number of aliphatic hydroxyl groups is 12. The van der Waals surface area contributed by atoms with E-state index in [9.17, 15) is 61.3 Å². The van der Waals surface area contributed by atoms with Crippen LogP contribution in [0, 0.1) is 35.5 Å². The van der Waals surface area contributed by atoms with Gasteiger partial charge in [-0.2, -0.15) is 0 Å². The van der Waals surface area contributed by atoms with Gasteiger partial charge in [0.25, 0.3) is 0 Å². The van der Waals surface area contributed by atoms with Crippen LogP contribution in [0.3, 0.4) is 0 Å². The second-order valence-electron chi connectivity index (χ2n) is 23.1. The molecule has 486 valence electrons. The predicted molar refractivity (Wildman–Crippen MR) is 339 cm³/mol. The van der Waals surface area contributed by atoms with Crippen molar-refractivity contribution in [1.82, 2.24) is 19.9 Å². The van der Waals surface area contributed by atoms with Gasteiger partial charge in [-0.1, -0.05) is 105 Å². The molecular formula is C71H72N4O18Zn. The first-order valence-electron chi connectivity index (χ1n) is 30.9. The van der Waals surface area contributed by atoms with Gasteiger partial charge in [0, 0.05) is 33.4 Å². The fourth-order valence-electron chi connectivity index (χ4n) is 11.2. The summed E-state index contributed by atoms with van der Waals surface area (Å²) in [5.41, 5.74) is 8.29. The van der Waals surface area contributed by atoms with E-state index in [0.717, 1.165) is 37.7 Å². The molecule has 22 nitrogen and oxygen atoms in total. The molecule has 3 fully saturated rings. The Bertz CT molecular complexity index is 3830. The summed E-state index contributed by atoms with van der Waals surface area (Å²) in [6, 6.07) is 27.1. The number of fused-ring (bicyclic) bond motifs is 8. The molecule has 3 unspecified atom stereocenters. The summed E-state index contributed by atoms with van der Waals surface area (Å²) in [6.07, 6.45) is -5.95. The van der Waals surface area contributed by atoms with E-state index in [2.05, 4.69) is 42.4 Å². The van der Waals surface area contributed by atoms with Crippen LogP contribution in [0.4, 0.5) is 0 Å². The molecule has 3 saturated heterocycles. The Morgan fingerprint density at radius 1 is 0.372 bits per heavy atom. The summed E-state index contributed by atoms with van der Waals surface area (Å²) < 4.78 is 34.2. The van der Waals surface area contributed by atoms with Crippen molar-refractivity contribution in [3.8, 4) is 52.8 Å². The van der Waals surface area contributed by atoms with Crippen molar-refractivity contribution < 1.29 is 109 Å². The van der Waals surface area contributed by atoms with E-state index in [0.29, 0.717) is 84.6 Å². The third kappa shape index (κ3) is 15.8. The monoisotopic (exact) mass is 1330 g/mol. The van der Waals surface area contributed by atoms with E-state index in [1.165, 1.54) is 12.8 Å². The zero-order valence-electron chi connectivity index (χ0n) is 51.3. The minimum atomic E-state index is -1.63. The summed E-state index contributed by atoms with van der Waals surface area (Å²) in [4.78, 5) is 20.9. The summed E-state index contributed by atoms with van der Waals surface area (Å²) >= 11 is 0. The van der Waals surface area contributed by atoms with Gasteiger partial charge < -0.3 is 99.7 Å². The van der Waals surface area contributed by atoms with Gasteiger partial charge in [-0.05, 0) is 116 Å². The minimum absolute atomic E-state index is 0. The minimum Gasteiger partial charge on any atom is -0.656 e. The number of unbranched alkanes of at least 4 members (excludes halogenated alkanes) is 6. The SMILES string of the molecule is CCCCCCCCCc1c2nc(c(C#Cc3ccc(OC4O[C@H](CO)[C@@H](O)[C@H](O)[C@@H]4O)cc3)c3ccc([n-]3)c(C#Cc3ccc(OC4O[C@H](CO)[C@@H](O)[C@H](O)[C@@H]4O)cc3)c3ccc([n-]3)c(C#Cc3ccc(OC4O[C@H](CO)[C@@H](O)[C@H](O)[C@@H]4O)cc3)c3nc1C=C3)C=C2.[Zn+2]. The third-order valence-electron chi connectivity index (χ3n) is 16.6. The van der Waals surface area contributed by atoms with Crippen LogP contribution < -0.4 is 24.2 Å². The van der Waals surface area contributed by atoms with Gasteiger partial charge in [0.05, 0.1) is 42.6 Å². The van der Waals surface area contributed by atoms with Gasteiger partial charge in [0.15, 0.2) is 0 Å². The molecule has 0 amide bonds. The Kier molecular flexibility index (Phi) is 23.4. The van der Waals surface area contributed by atoms with Crippen LogP contribution in [0.2, 0.25) is 0 Å². The molecule has 12 N–H and O–H groups in total. The molecule has 23 heteroatoms. The third-order valence-corrected chi connectivity index (χ3v) is 16.6. The number of hydrogen-bond donors (Lipinski definition) is 12. The molecular weight excluding hydrogens is 1260 g/mol. The maximum Gasteiger partial charge on any atom is 2.00 e. The molecule has 8 heterocycles. The van der Waals surface area contributed by atoms with Crippen molar-refractivity contribution in [3.05, 3.63) is 159 Å². The fraction of sp³-hybridized carbons (Fsp3) is 0.380. The van der Waals surface area contributed by atoms with Crippen LogP contribution in [0.5, 0.6) is 17.2 Å². The fourth-order valence-corrected chi connectivity index (χ4v) is 11.2. The zero-order valence-corrected chi connectivity index (χ0v) is 54.3. The Hall–Kier alpha value is -7.64. The van der Waals surface area contributed by atoms with Crippen LogP contribution in [0.1, 0.15) is 114 Å². The predicted octanol–water partition coefficient (Wildman–Crippen LogP) is 2.94. The van der Waals surface area contributed by atoms with Gasteiger partial charge in [0.1, 0.15) is 90.5 Å². The summed E-state index contributed by atoms with van der Waals surface area (Å²) in [5.74, 6) is 20.6. The molecule has 11 rings (SSSR count). The van der Waals surface area contributed by atoms with Crippen molar-refractivity contribution in [2.75, 3.05) is 19.8 Å². The van der Waals surface area contributed by atoms with E-state index in [1.807, 2.05) is 48.6 Å². The first-order valence-corrected chi connectivity index (χ1v) is 30.9. The molecule has 3 aromatic heterocycles. The Morgan fingerprint density at radius 2 is 0.681 bits per heavy atom. The number of aromatic nitrogens is 4. The number of rotatable bonds is 17. The smallest absolute Gasteiger partial charge is 0.656 e. The van der Waals surface area contributed by atoms with Crippen molar-refractivity contribution in [2.24, 2.45) is 0 Å². The van der Waals surface area contributed by atoms with Crippen LogP contribution in [0.15, 0.2) is 97.1 Å². The molecule has 3 aromatic carbocycles. The van der Waals surface area contributed by atoms with Gasteiger partial charge in [-0.3, -0.25) is 0 Å². The summed E-state index contributed by atoms with van der Waals surface area (Å²) in [5, 5.41) is 123. The largest absolute Gasteiger partial charge is 2.00 e. The first-order chi connectivity index (χ1) is 45.1. The number of hydrogen-bond acceptors (Lipinski definition) is 20. The van der Waals surface area contributed by atoms with Gasteiger partial charge in [-0.25, -0.2) is 9.97 Å². The van der Waals surface area contributed by atoms with E-state index < -0.39 is 112 Å². The molecule has 5 aliphatic heterocycles. The average Bonchev–Trinajstić information content (AvgIpc) is 1.55. The van der Waals surface area contributed by atoms with E-state index in [4.69, 9.17) is 48.4 Å². The Balaban J connectivity index is 0.00000964. The molecule has 94 heavy (non-hydrogen) atoms. The van der Waals surface area contributed by atoms with Crippen LogP contribution in [-0.2, 0) is 40.1 Å². The van der Waals surface area contributed by atoms with E-state index in [-0.39, 0.29) is 36.7 Å². The quantitative estimate of drug-likeness (QED) is 0.0354. The topological polar surface area (TPSA) is 352 Å². The van der Waals surface area contributed by atoms with E-state index in [1.54, 1.807) is 72.8 Å². The maximum absolute atomic E-state index is 10.6. The van der Waals surface area contributed by atoms with Crippen molar-refractivity contribution in [2.45, 2.75) is 150 Å². The molecule has 0 saturated carbocycles. The number of aliphatic hydroxyl groups excluding tert-OH is 12. The van der Waals surface area contributed by atoms with Gasteiger partial charge >= 0.3 is 19.5 Å². The second-order valence-corrected chi connectivity index (χ2v) is 23.1. The van der Waals surface area contributed by atoms with Gasteiger partial charge in [-0.15, -0.1) is 22.1 Å². The first kappa shape index (κ1) is 69.2. The van der Waals surface area contributed by atoms with Crippen molar-refractivity contribution >= 4 is 46.4 Å². The van der Waals surface area contributed by atoms with Crippen LogP contribution >= 0.6 is 0 Å². The summed E-state index contributed by atoms with van der Waals surface area (Å²) in [6.45, 7) is 0.360. The second kappa shape index (κ2) is 31.7. The van der Waals surface area contributed by atoms with Crippen LogP contribution in [0.25, 0.3) is 46.4 Å². The Morgan fingerprint density at radius 3 is 1.02 bits per heavy atom. The normalized spacial score (nSPS) is 26.2. The van der Waals surface area contributed by atoms with E-state index >= 15 is 0 Å². The molecule has 15 atom stereocenters. The number of nitrogens with zero attached hydrogens (tertiary/aromatic N) is 4. The molecule has 0 aliphatic carbocycles. The van der Waals surface area contributed by atoms with Gasteiger partial charge in [0.2, 0.25) is 18.9 Å². The maximum atomic E-state index is 10.6. The number of ether oxygens (including phenoxy) is 6. The van der Waals surface area contributed by atoms with Crippen molar-refractivity contribution in [3.63, 3.8) is 0 Å². The standard InChI is InChI=1S/C71H72N4O18.Zn/c1-2-3-4-5-6-7-8-9-45-49-28-30-51(72-49)46(25-16-39-10-19-42(20-11-39)88-69-66(85)63(82)60(79)57(36-76)91-69)53-32-34-55(74-53)48(27-18-41-14-23-44(24-15-41)90-71-68(87)65(84)62(81)59(38-78)93-71)56-35-33-54(75-56)47(52-31-29-50(45)73-52)26-17-40-12-21-43(22-13-40)89-70-67(86)64(83)61(80)58(37-77)92-70;/h10-15,19-24,28-35,57-71,76-87H,2-9,36-38H2,1H3;/q-2;+2/t57-,58-,59-,60-,61-,62-,63+,64+,65+,66+,67+,68+,69?,70?,71?;/m1./s1. The summed E-state index contributed by atoms with van der Waals surface area (Å²) in [7, 11) is 0. The molecule has 0 spiro atoms. The molecule has 5 aliphatic rings.